The van der Waals surface area contributed by atoms with Gasteiger partial charge in [0, 0.05) is 18.7 Å². The van der Waals surface area contributed by atoms with Crippen molar-refractivity contribution in [3.63, 3.8) is 0 Å². The van der Waals surface area contributed by atoms with Gasteiger partial charge in [0.1, 0.15) is 17.4 Å². The second kappa shape index (κ2) is 10.3. The number of fused-ring (bicyclic) bond motifs is 1. The van der Waals surface area contributed by atoms with E-state index < -0.39 is 34.9 Å². The maximum Gasteiger partial charge on any atom is 0.573 e. The fourth-order valence-electron chi connectivity index (χ4n) is 5.20. The molecule has 2 fully saturated rings. The molecule has 3 aromatic carbocycles. The average molecular weight is 569 g/mol. The van der Waals surface area contributed by atoms with Gasteiger partial charge in [-0.05, 0) is 42.7 Å². The van der Waals surface area contributed by atoms with Gasteiger partial charge in [-0.2, -0.15) is 0 Å². The Morgan fingerprint density at radius 1 is 1.02 bits per heavy atom. The highest BCUT2D eigenvalue weighted by Gasteiger charge is 2.54. The van der Waals surface area contributed by atoms with Gasteiger partial charge in [0.2, 0.25) is 5.91 Å². The van der Waals surface area contributed by atoms with Gasteiger partial charge in [-0.1, -0.05) is 36.4 Å². The van der Waals surface area contributed by atoms with Gasteiger partial charge in [-0.15, -0.1) is 13.2 Å². The minimum Gasteiger partial charge on any atom is -0.404 e. The van der Waals surface area contributed by atoms with Crippen LogP contribution in [0, 0.1) is 5.82 Å². The van der Waals surface area contributed by atoms with Gasteiger partial charge in [-0.25, -0.2) is 9.37 Å². The summed E-state index contributed by atoms with van der Waals surface area (Å²) in [7, 11) is 0. The van der Waals surface area contributed by atoms with Gasteiger partial charge in [0.05, 0.1) is 30.0 Å². The van der Waals surface area contributed by atoms with E-state index in [0.717, 1.165) is 17.0 Å². The third kappa shape index (κ3) is 5.16. The predicted octanol–water partition coefficient (Wildman–Crippen LogP) is 4.89. The molecule has 1 saturated heterocycles. The molecule has 4 aromatic rings. The number of carbonyl (C=O) groups excluding carboxylic acids is 1. The number of nitrogens with zero attached hydrogens (tertiary/aromatic N) is 3. The minimum atomic E-state index is -5.02. The molecule has 0 radical (unpaired) electrons. The molecule has 0 atom stereocenters. The quantitative estimate of drug-likeness (QED) is 0.334. The lowest BCUT2D eigenvalue weighted by molar-refractivity contribution is -0.274. The number of aromatic nitrogens is 2. The largest absolute Gasteiger partial charge is 0.573 e. The number of ether oxygens (including phenoxy) is 2. The van der Waals surface area contributed by atoms with Gasteiger partial charge in [0.25, 0.3) is 5.56 Å². The topological polar surface area (TPSA) is 85.7 Å². The van der Waals surface area contributed by atoms with Gasteiger partial charge in [0.15, 0.2) is 11.6 Å². The number of benzene rings is 3. The molecule has 0 spiro atoms. The first-order chi connectivity index (χ1) is 19.7. The fourth-order valence-corrected chi connectivity index (χ4v) is 5.20. The molecule has 1 N–H and O–H groups in total. The molecule has 212 valence electrons. The first kappa shape index (κ1) is 26.9. The highest BCUT2D eigenvalue weighted by molar-refractivity contribution is 6.01. The summed E-state index contributed by atoms with van der Waals surface area (Å²) in [6, 6.07) is 15.2. The van der Waals surface area contributed by atoms with Crippen LogP contribution in [0.5, 0.6) is 5.75 Å². The summed E-state index contributed by atoms with van der Waals surface area (Å²) in [6.07, 6.45) is -2.81. The van der Waals surface area contributed by atoms with Crippen LogP contribution in [0.25, 0.3) is 27.7 Å². The first-order valence-electron chi connectivity index (χ1n) is 13.0. The van der Waals surface area contributed by atoms with Crippen LogP contribution < -0.4 is 15.6 Å². The summed E-state index contributed by atoms with van der Waals surface area (Å²) in [6.45, 7) is 1.97. The SMILES string of the molecule is O=C(Nc1cc(-n2cnc3c(F)c(-c4ccccc4)ccc3c2=O)ccc1OC(F)(F)F)C1(N2CCOCC2)CC1. The highest BCUT2D eigenvalue weighted by atomic mass is 19.4. The molecule has 8 nitrogen and oxygen atoms in total. The fraction of sp³-hybridized carbons (Fsp3) is 0.276. The van der Waals surface area contributed by atoms with Crippen LogP contribution in [-0.4, -0.2) is 58.6 Å². The van der Waals surface area contributed by atoms with Crippen molar-refractivity contribution in [2.45, 2.75) is 24.7 Å². The summed E-state index contributed by atoms with van der Waals surface area (Å²) >= 11 is 0. The number of nitrogens with one attached hydrogen (secondary N) is 1. The van der Waals surface area contributed by atoms with E-state index in [1.165, 1.54) is 24.3 Å². The Morgan fingerprint density at radius 3 is 2.44 bits per heavy atom. The molecule has 41 heavy (non-hydrogen) atoms. The molecule has 1 aromatic heterocycles. The van der Waals surface area contributed by atoms with Crippen molar-refractivity contribution < 1.29 is 31.8 Å². The summed E-state index contributed by atoms with van der Waals surface area (Å²) < 4.78 is 65.6. The minimum absolute atomic E-state index is 0.0184. The molecular formula is C29H24F4N4O4. The van der Waals surface area contributed by atoms with Crippen LogP contribution in [0.15, 0.2) is 71.8 Å². The zero-order valence-electron chi connectivity index (χ0n) is 21.6. The van der Waals surface area contributed by atoms with Crippen LogP contribution in [0.1, 0.15) is 12.8 Å². The average Bonchev–Trinajstić information content (AvgIpc) is 3.77. The lowest BCUT2D eigenvalue weighted by Gasteiger charge is -2.34. The number of anilines is 1. The number of hydrogen-bond acceptors (Lipinski definition) is 6. The van der Waals surface area contributed by atoms with E-state index >= 15 is 4.39 Å². The number of hydrogen-bond donors (Lipinski definition) is 1. The maximum atomic E-state index is 15.4. The van der Waals surface area contributed by atoms with Crippen LogP contribution in [0.2, 0.25) is 0 Å². The predicted molar refractivity (Wildman–Crippen MR) is 142 cm³/mol. The van der Waals surface area contributed by atoms with Crippen molar-refractivity contribution in [2.75, 3.05) is 31.6 Å². The molecular weight excluding hydrogens is 544 g/mol. The maximum absolute atomic E-state index is 15.4. The Hall–Kier alpha value is -4.29. The van der Waals surface area contributed by atoms with Crippen molar-refractivity contribution >= 4 is 22.5 Å². The number of alkyl halides is 3. The number of rotatable bonds is 6. The molecule has 1 amide bonds. The summed E-state index contributed by atoms with van der Waals surface area (Å²) in [4.78, 5) is 32.9. The Kier molecular flexibility index (Phi) is 6.74. The van der Waals surface area contributed by atoms with Crippen LogP contribution >= 0.6 is 0 Å². The van der Waals surface area contributed by atoms with Gasteiger partial charge < -0.3 is 14.8 Å². The van der Waals surface area contributed by atoms with E-state index in [1.807, 2.05) is 4.90 Å². The number of amides is 1. The Morgan fingerprint density at radius 2 is 1.76 bits per heavy atom. The second-order valence-electron chi connectivity index (χ2n) is 9.92. The molecule has 2 heterocycles. The molecule has 12 heteroatoms. The van der Waals surface area contributed by atoms with E-state index in [0.29, 0.717) is 44.7 Å². The second-order valence-corrected chi connectivity index (χ2v) is 9.92. The van der Waals surface area contributed by atoms with Crippen molar-refractivity contribution in [3.05, 3.63) is 83.2 Å². The van der Waals surface area contributed by atoms with Crippen molar-refractivity contribution in [3.8, 4) is 22.6 Å². The van der Waals surface area contributed by atoms with Crippen LogP contribution in [-0.2, 0) is 9.53 Å². The van der Waals surface area contributed by atoms with E-state index in [-0.39, 0.29) is 27.8 Å². The van der Waals surface area contributed by atoms with E-state index in [1.54, 1.807) is 30.3 Å². The summed E-state index contributed by atoms with van der Waals surface area (Å²) in [5.74, 6) is -1.77. The summed E-state index contributed by atoms with van der Waals surface area (Å²) in [5, 5.41) is 2.57. The Balaban J connectivity index is 1.37. The lowest BCUT2D eigenvalue weighted by Crippen LogP contribution is -2.51. The Bertz CT molecular complexity index is 1680. The zero-order chi connectivity index (χ0) is 28.8. The van der Waals surface area contributed by atoms with Crippen molar-refractivity contribution in [1.82, 2.24) is 14.5 Å². The van der Waals surface area contributed by atoms with E-state index in [9.17, 15) is 22.8 Å². The monoisotopic (exact) mass is 568 g/mol. The highest BCUT2D eigenvalue weighted by Crippen LogP contribution is 2.44. The standard InChI is InChI=1S/C29H24F4N4O4/c30-24-20(18-4-2-1-3-5-18)7-8-21-25(24)34-17-37(26(21)38)19-6-9-23(41-29(31,32)33)22(16-19)35-27(39)28(10-11-28)36-12-14-40-15-13-36/h1-9,16-17H,10-15H2,(H,35,39). The van der Waals surface area contributed by atoms with Crippen LogP contribution in [0.3, 0.4) is 0 Å². The normalized spacial score (nSPS) is 16.9. The van der Waals surface area contributed by atoms with Crippen molar-refractivity contribution in [2.24, 2.45) is 0 Å². The lowest BCUT2D eigenvalue weighted by atomic mass is 10.0. The van der Waals surface area contributed by atoms with E-state index in [2.05, 4.69) is 15.0 Å². The van der Waals surface area contributed by atoms with Gasteiger partial charge >= 0.3 is 6.36 Å². The molecule has 2 aliphatic rings. The number of carbonyl (C=O) groups is 1. The van der Waals surface area contributed by atoms with Gasteiger partial charge in [-0.3, -0.25) is 19.1 Å². The van der Waals surface area contributed by atoms with Crippen molar-refractivity contribution in [1.29, 1.82) is 0 Å². The Labute approximate surface area is 231 Å². The number of morpholine rings is 1. The molecule has 0 unspecified atom stereocenters. The molecule has 1 aliphatic carbocycles. The van der Waals surface area contributed by atoms with Crippen LogP contribution in [0.4, 0.5) is 23.2 Å². The number of halogens is 4. The zero-order valence-corrected chi connectivity index (χ0v) is 21.6. The third-order valence-corrected chi connectivity index (χ3v) is 7.43. The first-order valence-corrected chi connectivity index (χ1v) is 13.0. The molecule has 1 aliphatic heterocycles. The summed E-state index contributed by atoms with van der Waals surface area (Å²) in [5.41, 5.74) is -0.883. The molecule has 0 bridgehead atoms. The molecule has 6 rings (SSSR count). The smallest absolute Gasteiger partial charge is 0.404 e. The molecule has 1 saturated carbocycles. The van der Waals surface area contributed by atoms with E-state index in [4.69, 9.17) is 4.74 Å². The third-order valence-electron chi connectivity index (χ3n) is 7.43.